The zero-order valence-electron chi connectivity index (χ0n) is 35.0. The quantitative estimate of drug-likeness (QED) is 0.152. The molecule has 0 bridgehead atoms. The molecule has 0 atom stereocenters. The van der Waals surface area contributed by atoms with Crippen molar-refractivity contribution in [1.29, 1.82) is 0 Å². The Morgan fingerprint density at radius 2 is 0.734 bits per heavy atom. The highest BCUT2D eigenvalue weighted by Crippen LogP contribution is 2.46. The van der Waals surface area contributed by atoms with Gasteiger partial charge < -0.3 is 9.32 Å². The number of nitrogens with zero attached hydrogens (tertiary/aromatic N) is 1. The first-order valence-corrected chi connectivity index (χ1v) is 21.9. The molecule has 300 valence electrons. The van der Waals surface area contributed by atoms with E-state index >= 15 is 0 Å². The molecule has 0 fully saturated rings. The van der Waals surface area contributed by atoms with E-state index in [1.165, 1.54) is 54.9 Å². The molecular formula is C62H41NO. The summed E-state index contributed by atoms with van der Waals surface area (Å²) in [6, 6.07) is 89.6. The van der Waals surface area contributed by atoms with Crippen LogP contribution < -0.4 is 4.90 Å². The lowest BCUT2D eigenvalue weighted by Crippen LogP contribution is -2.11. The molecule has 1 heterocycles. The van der Waals surface area contributed by atoms with Crippen LogP contribution in [0.25, 0.3) is 99.1 Å². The van der Waals surface area contributed by atoms with Gasteiger partial charge in [-0.15, -0.1) is 0 Å². The molecule has 1 aromatic heterocycles. The maximum Gasteiger partial charge on any atom is 0.143 e. The van der Waals surface area contributed by atoms with E-state index in [1.54, 1.807) is 0 Å². The van der Waals surface area contributed by atoms with E-state index in [1.807, 2.05) is 12.1 Å². The highest BCUT2D eigenvalue weighted by Gasteiger charge is 2.21. The van der Waals surface area contributed by atoms with Gasteiger partial charge in [0.2, 0.25) is 0 Å². The molecule has 0 spiro atoms. The minimum atomic E-state index is 0.900. The Labute approximate surface area is 372 Å². The van der Waals surface area contributed by atoms with Gasteiger partial charge in [-0.3, -0.25) is 0 Å². The van der Waals surface area contributed by atoms with Crippen LogP contribution >= 0.6 is 0 Å². The predicted octanol–water partition coefficient (Wildman–Crippen LogP) is 17.7. The maximum atomic E-state index is 6.48. The molecule has 2 nitrogen and oxygen atoms in total. The average Bonchev–Trinajstić information content (AvgIpc) is 3.76. The van der Waals surface area contributed by atoms with Gasteiger partial charge in [0.15, 0.2) is 0 Å². The van der Waals surface area contributed by atoms with Gasteiger partial charge in [-0.05, 0) is 102 Å². The fourth-order valence-electron chi connectivity index (χ4n) is 9.63. The van der Waals surface area contributed by atoms with Crippen molar-refractivity contribution in [3.05, 3.63) is 249 Å². The number of para-hydroxylation sites is 3. The third kappa shape index (κ3) is 6.52. The van der Waals surface area contributed by atoms with Crippen molar-refractivity contribution in [2.24, 2.45) is 0 Å². The molecule has 0 aliphatic carbocycles. The minimum Gasteiger partial charge on any atom is -0.455 e. The molecule has 12 rings (SSSR count). The highest BCUT2D eigenvalue weighted by molar-refractivity contribution is 6.10. The summed E-state index contributed by atoms with van der Waals surface area (Å²) >= 11 is 0. The topological polar surface area (TPSA) is 16.4 Å². The van der Waals surface area contributed by atoms with Crippen LogP contribution in [-0.4, -0.2) is 0 Å². The monoisotopic (exact) mass is 815 g/mol. The summed E-state index contributed by atoms with van der Waals surface area (Å²) in [5, 5.41) is 7.22. The van der Waals surface area contributed by atoms with Gasteiger partial charge in [0.05, 0.1) is 5.69 Å². The summed E-state index contributed by atoms with van der Waals surface area (Å²) in [5.41, 5.74) is 16.8. The Bertz CT molecular complexity index is 3630. The molecule has 0 saturated carbocycles. The van der Waals surface area contributed by atoms with Crippen LogP contribution in [0, 0.1) is 0 Å². The summed E-state index contributed by atoms with van der Waals surface area (Å²) in [7, 11) is 0. The van der Waals surface area contributed by atoms with Gasteiger partial charge in [-0.1, -0.05) is 212 Å². The number of fused-ring (bicyclic) bond motifs is 5. The van der Waals surface area contributed by atoms with Crippen molar-refractivity contribution in [2.75, 3.05) is 4.90 Å². The number of hydrogen-bond acceptors (Lipinski definition) is 2. The predicted molar refractivity (Wildman–Crippen MR) is 271 cm³/mol. The van der Waals surface area contributed by atoms with Crippen LogP contribution in [0.2, 0.25) is 0 Å². The van der Waals surface area contributed by atoms with E-state index in [-0.39, 0.29) is 0 Å². The normalized spacial score (nSPS) is 11.4. The number of anilines is 3. The fourth-order valence-corrected chi connectivity index (χ4v) is 9.63. The largest absolute Gasteiger partial charge is 0.455 e. The van der Waals surface area contributed by atoms with Crippen molar-refractivity contribution in [2.45, 2.75) is 0 Å². The number of hydrogen-bond donors (Lipinski definition) is 0. The van der Waals surface area contributed by atoms with Gasteiger partial charge in [-0.25, -0.2) is 0 Å². The van der Waals surface area contributed by atoms with E-state index in [9.17, 15) is 0 Å². The first-order chi connectivity index (χ1) is 31.7. The summed E-state index contributed by atoms with van der Waals surface area (Å²) in [6.07, 6.45) is 0. The second-order valence-electron chi connectivity index (χ2n) is 16.4. The van der Waals surface area contributed by atoms with Crippen molar-refractivity contribution < 1.29 is 4.42 Å². The summed E-state index contributed by atoms with van der Waals surface area (Å²) in [5.74, 6) is 0. The van der Waals surface area contributed by atoms with Crippen LogP contribution in [0.4, 0.5) is 17.1 Å². The Morgan fingerprint density at radius 1 is 0.266 bits per heavy atom. The third-order valence-corrected chi connectivity index (χ3v) is 12.7. The van der Waals surface area contributed by atoms with Crippen molar-refractivity contribution in [1.82, 2.24) is 0 Å². The summed E-state index contributed by atoms with van der Waals surface area (Å²) < 4.78 is 6.48. The molecule has 0 amide bonds. The zero-order chi connectivity index (χ0) is 42.4. The zero-order valence-corrected chi connectivity index (χ0v) is 35.0. The maximum absolute atomic E-state index is 6.48. The van der Waals surface area contributed by atoms with Crippen LogP contribution in [0.1, 0.15) is 0 Å². The van der Waals surface area contributed by atoms with Gasteiger partial charge in [0.1, 0.15) is 11.2 Å². The van der Waals surface area contributed by atoms with E-state index in [2.05, 4.69) is 241 Å². The average molecular weight is 816 g/mol. The highest BCUT2D eigenvalue weighted by atomic mass is 16.3. The molecule has 0 N–H and O–H groups in total. The second kappa shape index (κ2) is 15.8. The van der Waals surface area contributed by atoms with E-state index < -0.39 is 0 Å². The Balaban J connectivity index is 0.979. The second-order valence-corrected chi connectivity index (χ2v) is 16.4. The lowest BCUT2D eigenvalue weighted by molar-refractivity contribution is 0.670. The standard InChI is InChI=1S/C62H41NO/c1-2-14-45(15-3-1)53-24-11-18-48-19-12-26-57(61(48)53)55-21-6-8-28-59(55)63(50-40-36-47(37-41-50)54-25-13-27-58-56-22-7-9-29-60(56)64-62(54)58)49-38-34-43(35-39-49)42-30-32-46(33-31-42)52-23-10-17-44-16-4-5-20-51(44)52/h1-41H. The van der Waals surface area contributed by atoms with Gasteiger partial charge >= 0.3 is 0 Å². The fraction of sp³-hybridized carbons (Fsp3) is 0. The van der Waals surface area contributed by atoms with E-state index in [0.29, 0.717) is 0 Å². The lowest BCUT2D eigenvalue weighted by atomic mass is 9.90. The lowest BCUT2D eigenvalue weighted by Gasteiger charge is -2.29. The van der Waals surface area contributed by atoms with Crippen molar-refractivity contribution >= 4 is 60.5 Å². The molecule has 12 aromatic rings. The molecule has 0 aliphatic rings. The first-order valence-electron chi connectivity index (χ1n) is 21.9. The van der Waals surface area contributed by atoms with Gasteiger partial charge in [0.25, 0.3) is 0 Å². The molecule has 0 aliphatic heterocycles. The van der Waals surface area contributed by atoms with Crippen molar-refractivity contribution in [3.8, 4) is 55.6 Å². The van der Waals surface area contributed by atoms with Gasteiger partial charge in [-0.2, -0.15) is 0 Å². The molecule has 0 radical (unpaired) electrons. The molecule has 0 saturated heterocycles. The molecular weight excluding hydrogens is 775 g/mol. The Hall–Kier alpha value is -8.46. The number of rotatable bonds is 8. The summed E-state index contributed by atoms with van der Waals surface area (Å²) in [6.45, 7) is 0. The first kappa shape index (κ1) is 37.3. The Morgan fingerprint density at radius 3 is 1.50 bits per heavy atom. The molecule has 64 heavy (non-hydrogen) atoms. The van der Waals surface area contributed by atoms with Crippen LogP contribution in [-0.2, 0) is 0 Å². The van der Waals surface area contributed by atoms with Crippen LogP contribution in [0.3, 0.4) is 0 Å². The molecule has 11 aromatic carbocycles. The third-order valence-electron chi connectivity index (χ3n) is 12.7. The number of furan rings is 1. The SMILES string of the molecule is c1ccc(-c2cccc3cccc(-c4ccccc4N(c4ccc(-c5ccc(-c6cccc7ccccc67)cc5)cc4)c4ccc(-c5cccc6c5oc5ccccc56)cc4)c23)cc1. The smallest absolute Gasteiger partial charge is 0.143 e. The molecule has 2 heteroatoms. The minimum absolute atomic E-state index is 0.900. The van der Waals surface area contributed by atoms with Crippen molar-refractivity contribution in [3.63, 3.8) is 0 Å². The van der Waals surface area contributed by atoms with E-state index in [4.69, 9.17) is 4.42 Å². The van der Waals surface area contributed by atoms with Crippen LogP contribution in [0.5, 0.6) is 0 Å². The van der Waals surface area contributed by atoms with Crippen LogP contribution in [0.15, 0.2) is 253 Å². The Kier molecular flexibility index (Phi) is 9.20. The summed E-state index contributed by atoms with van der Waals surface area (Å²) in [4.78, 5) is 2.40. The van der Waals surface area contributed by atoms with E-state index in [0.717, 1.165) is 61.3 Å². The molecule has 0 unspecified atom stereocenters. The van der Waals surface area contributed by atoms with Gasteiger partial charge in [0, 0.05) is 33.3 Å². The number of benzene rings is 11.